The number of hydrogen-bond donors (Lipinski definition) is 1. The van der Waals surface area contributed by atoms with Crippen molar-refractivity contribution in [1.29, 1.82) is 0 Å². The van der Waals surface area contributed by atoms with Crippen molar-refractivity contribution < 1.29 is 17.6 Å². The van der Waals surface area contributed by atoms with Gasteiger partial charge in [-0.2, -0.15) is 0 Å². The third-order valence-electron chi connectivity index (χ3n) is 4.73. The summed E-state index contributed by atoms with van der Waals surface area (Å²) in [5.41, 5.74) is 0.794. The maximum Gasteiger partial charge on any atom is 0.261 e. The molecule has 1 fully saturated rings. The lowest BCUT2D eigenvalue weighted by Gasteiger charge is -2.22. The number of anilines is 1. The molecule has 0 aromatic heterocycles. The molecule has 1 aliphatic heterocycles. The number of para-hydroxylation sites is 1. The molecular weight excluding hydrogens is 367 g/mol. The largest absolute Gasteiger partial charge is 0.339 e. The van der Waals surface area contributed by atoms with Crippen molar-refractivity contribution in [2.24, 2.45) is 0 Å². The number of nitrogens with one attached hydrogen (secondary N) is 1. The van der Waals surface area contributed by atoms with Crippen molar-refractivity contribution in [3.63, 3.8) is 0 Å². The molecule has 1 heterocycles. The zero-order valence-corrected chi connectivity index (χ0v) is 16.1. The van der Waals surface area contributed by atoms with Gasteiger partial charge in [-0.25, -0.2) is 12.8 Å². The first-order valence-corrected chi connectivity index (χ1v) is 10.5. The summed E-state index contributed by atoms with van der Waals surface area (Å²) in [7, 11) is -3.93. The van der Waals surface area contributed by atoms with Crippen LogP contribution in [0.5, 0.6) is 0 Å². The van der Waals surface area contributed by atoms with Crippen LogP contribution in [0.15, 0.2) is 47.4 Å². The predicted octanol–water partition coefficient (Wildman–Crippen LogP) is 3.95. The van der Waals surface area contributed by atoms with E-state index in [9.17, 15) is 17.6 Å². The molecule has 0 saturated carbocycles. The van der Waals surface area contributed by atoms with Gasteiger partial charge >= 0.3 is 0 Å². The molecule has 0 spiro atoms. The van der Waals surface area contributed by atoms with Crippen molar-refractivity contribution in [1.82, 2.24) is 4.90 Å². The molecule has 7 heteroatoms. The van der Waals surface area contributed by atoms with Crippen LogP contribution in [-0.2, 0) is 10.0 Å². The molecule has 1 N–H and O–H groups in total. The van der Waals surface area contributed by atoms with E-state index in [1.54, 1.807) is 29.2 Å². The van der Waals surface area contributed by atoms with Gasteiger partial charge in [0.05, 0.1) is 16.1 Å². The molecule has 0 atom stereocenters. The maximum absolute atomic E-state index is 13.5. The highest BCUT2D eigenvalue weighted by Crippen LogP contribution is 2.24. The Morgan fingerprint density at radius 3 is 2.37 bits per heavy atom. The Kier molecular flexibility index (Phi) is 5.79. The van der Waals surface area contributed by atoms with Gasteiger partial charge in [0.15, 0.2) is 0 Å². The summed E-state index contributed by atoms with van der Waals surface area (Å²) in [5.74, 6) is -0.642. The summed E-state index contributed by atoms with van der Waals surface area (Å²) in [6, 6.07) is 10.2. The van der Waals surface area contributed by atoms with Crippen LogP contribution >= 0.6 is 0 Å². The highest BCUT2D eigenvalue weighted by molar-refractivity contribution is 7.92. The van der Waals surface area contributed by atoms with E-state index in [4.69, 9.17) is 0 Å². The second-order valence-corrected chi connectivity index (χ2v) is 8.45. The predicted molar refractivity (Wildman–Crippen MR) is 103 cm³/mol. The quantitative estimate of drug-likeness (QED) is 0.860. The molecule has 2 aromatic carbocycles. The standard InChI is InChI=1S/C20H23FN2O3S/c1-15-14-16(10-11-18(15)21)27(25,26)22-19-9-5-4-8-17(19)20(24)23-12-6-2-3-7-13-23/h4-5,8-11,14,22H,2-3,6-7,12-13H2,1H3. The number of nitrogens with zero attached hydrogens (tertiary/aromatic N) is 1. The van der Waals surface area contributed by atoms with E-state index >= 15 is 0 Å². The fourth-order valence-electron chi connectivity index (χ4n) is 3.19. The van der Waals surface area contributed by atoms with E-state index in [0.717, 1.165) is 31.7 Å². The van der Waals surface area contributed by atoms with E-state index in [2.05, 4.69) is 4.72 Å². The fraction of sp³-hybridized carbons (Fsp3) is 0.350. The number of benzene rings is 2. The fourth-order valence-corrected chi connectivity index (χ4v) is 4.36. The SMILES string of the molecule is Cc1cc(S(=O)(=O)Nc2ccccc2C(=O)N2CCCCCC2)ccc1F. The Hall–Kier alpha value is -2.41. The van der Waals surface area contributed by atoms with Crippen LogP contribution in [0.1, 0.15) is 41.6 Å². The van der Waals surface area contributed by atoms with Crippen molar-refractivity contribution in [3.8, 4) is 0 Å². The zero-order chi connectivity index (χ0) is 19.4. The Morgan fingerprint density at radius 1 is 1.04 bits per heavy atom. The third-order valence-corrected chi connectivity index (χ3v) is 6.10. The highest BCUT2D eigenvalue weighted by Gasteiger charge is 2.23. The second-order valence-electron chi connectivity index (χ2n) is 6.77. The number of amides is 1. The van der Waals surface area contributed by atoms with Crippen LogP contribution in [-0.4, -0.2) is 32.3 Å². The van der Waals surface area contributed by atoms with Gasteiger partial charge in [-0.3, -0.25) is 9.52 Å². The number of halogens is 1. The van der Waals surface area contributed by atoms with Crippen LogP contribution in [0.3, 0.4) is 0 Å². The average Bonchev–Trinajstić information content (AvgIpc) is 2.93. The Morgan fingerprint density at radius 2 is 1.70 bits per heavy atom. The van der Waals surface area contributed by atoms with Crippen LogP contribution < -0.4 is 4.72 Å². The highest BCUT2D eigenvalue weighted by atomic mass is 32.2. The number of likely N-dealkylation sites (tertiary alicyclic amines) is 1. The van der Waals surface area contributed by atoms with Gasteiger partial charge in [-0.05, 0) is 55.7 Å². The van der Waals surface area contributed by atoms with Gasteiger partial charge < -0.3 is 4.90 Å². The van der Waals surface area contributed by atoms with Crippen molar-refractivity contribution in [2.45, 2.75) is 37.5 Å². The molecule has 144 valence electrons. The molecule has 3 rings (SSSR count). The van der Waals surface area contributed by atoms with E-state index < -0.39 is 15.8 Å². The lowest BCUT2D eigenvalue weighted by atomic mass is 10.1. The summed E-state index contributed by atoms with van der Waals surface area (Å²) in [5, 5.41) is 0. The normalized spacial score (nSPS) is 15.3. The van der Waals surface area contributed by atoms with Gasteiger partial charge in [0.25, 0.3) is 15.9 Å². The smallest absolute Gasteiger partial charge is 0.261 e. The van der Waals surface area contributed by atoms with Gasteiger partial charge in [0, 0.05) is 13.1 Å². The van der Waals surface area contributed by atoms with Crippen LogP contribution in [0, 0.1) is 12.7 Å². The molecule has 2 aromatic rings. The molecular formula is C20H23FN2O3S. The minimum Gasteiger partial charge on any atom is -0.339 e. The zero-order valence-electron chi connectivity index (χ0n) is 15.2. The first kappa shape index (κ1) is 19.4. The van der Waals surface area contributed by atoms with E-state index in [-0.39, 0.29) is 22.1 Å². The number of rotatable bonds is 4. The average molecular weight is 390 g/mol. The molecule has 0 bridgehead atoms. The number of hydrogen-bond acceptors (Lipinski definition) is 3. The number of aryl methyl sites for hydroxylation is 1. The van der Waals surface area contributed by atoms with Crippen LogP contribution in [0.2, 0.25) is 0 Å². The van der Waals surface area contributed by atoms with Gasteiger partial charge in [-0.15, -0.1) is 0 Å². The summed E-state index contributed by atoms with van der Waals surface area (Å²) in [6.45, 7) is 2.86. The van der Waals surface area contributed by atoms with E-state index in [0.29, 0.717) is 18.7 Å². The summed E-state index contributed by atoms with van der Waals surface area (Å²) >= 11 is 0. The van der Waals surface area contributed by atoms with E-state index in [1.807, 2.05) is 0 Å². The Bertz CT molecular complexity index is 936. The Labute approximate surface area is 159 Å². The monoisotopic (exact) mass is 390 g/mol. The lowest BCUT2D eigenvalue weighted by molar-refractivity contribution is 0.0762. The lowest BCUT2D eigenvalue weighted by Crippen LogP contribution is -2.32. The molecule has 1 amide bonds. The summed E-state index contributed by atoms with van der Waals surface area (Å²) in [6.07, 6.45) is 4.10. The summed E-state index contributed by atoms with van der Waals surface area (Å²) < 4.78 is 41.4. The molecule has 5 nitrogen and oxygen atoms in total. The first-order chi connectivity index (χ1) is 12.9. The van der Waals surface area contributed by atoms with Crippen molar-refractivity contribution in [3.05, 3.63) is 59.4 Å². The minimum absolute atomic E-state index is 0.0431. The third kappa shape index (κ3) is 4.47. The number of carbonyl (C=O) groups is 1. The molecule has 0 unspecified atom stereocenters. The molecule has 0 radical (unpaired) electrons. The van der Waals surface area contributed by atoms with Crippen LogP contribution in [0.25, 0.3) is 0 Å². The molecule has 27 heavy (non-hydrogen) atoms. The molecule has 0 aliphatic carbocycles. The topological polar surface area (TPSA) is 66.5 Å². The van der Waals surface area contributed by atoms with E-state index in [1.165, 1.54) is 19.1 Å². The second kappa shape index (κ2) is 8.08. The maximum atomic E-state index is 13.5. The van der Waals surface area contributed by atoms with Gasteiger partial charge in [-0.1, -0.05) is 25.0 Å². The number of sulfonamides is 1. The minimum atomic E-state index is -3.93. The van der Waals surface area contributed by atoms with Gasteiger partial charge in [0.2, 0.25) is 0 Å². The first-order valence-electron chi connectivity index (χ1n) is 9.06. The molecule has 1 saturated heterocycles. The van der Waals surface area contributed by atoms with Crippen LogP contribution in [0.4, 0.5) is 10.1 Å². The Balaban J connectivity index is 1.89. The number of carbonyl (C=O) groups excluding carboxylic acids is 1. The summed E-state index contributed by atoms with van der Waals surface area (Å²) in [4.78, 5) is 14.7. The van der Waals surface area contributed by atoms with Crippen molar-refractivity contribution in [2.75, 3.05) is 17.8 Å². The van der Waals surface area contributed by atoms with Gasteiger partial charge in [0.1, 0.15) is 5.82 Å². The van der Waals surface area contributed by atoms with Crippen molar-refractivity contribution >= 4 is 21.6 Å². The molecule has 1 aliphatic rings.